The summed E-state index contributed by atoms with van der Waals surface area (Å²) in [6.07, 6.45) is 2.20. The maximum atomic E-state index is 14.1. The molecule has 3 aromatic rings. The van der Waals surface area contributed by atoms with Crippen molar-refractivity contribution in [3.63, 3.8) is 0 Å². The number of nitriles is 1. The number of hydrogen-bond donors (Lipinski definition) is 1. The van der Waals surface area contributed by atoms with Crippen LogP contribution in [0.3, 0.4) is 0 Å². The van der Waals surface area contributed by atoms with E-state index in [1.165, 1.54) is 24.3 Å². The molecule has 1 aromatic heterocycles. The van der Waals surface area contributed by atoms with Crippen LogP contribution in [0.5, 0.6) is 5.75 Å². The summed E-state index contributed by atoms with van der Waals surface area (Å²) >= 11 is 0. The van der Waals surface area contributed by atoms with Gasteiger partial charge in [-0.3, -0.25) is 4.98 Å². The van der Waals surface area contributed by atoms with Crippen molar-refractivity contribution in [3.05, 3.63) is 88.5 Å². The number of nitrogens with zero attached hydrogens (tertiary/aromatic N) is 2. The smallest absolute Gasteiger partial charge is 0.238 e. The van der Waals surface area contributed by atoms with Gasteiger partial charge in [0.25, 0.3) is 0 Å². The minimum absolute atomic E-state index is 0.0546. The number of pyridine rings is 1. The number of nitrogens with two attached hydrogens (primary N) is 1. The van der Waals surface area contributed by atoms with Gasteiger partial charge in [0.05, 0.1) is 17.1 Å². The number of halogens is 1. The molecule has 30 heavy (non-hydrogen) atoms. The van der Waals surface area contributed by atoms with Crippen molar-refractivity contribution in [2.75, 3.05) is 6.61 Å². The standard InChI is InChI=1S/C22H20FN3O3S/c1-2-29-22-17(9-15-6-7-16(14-24)21(23)10-15)12-20(30(25,27)28)13-18(22)11-19-5-3-4-8-26-19/h3-8,10,12-13H,2,9,11H2,1H3,(H2,25,27,28). The molecular formula is C22H20FN3O3S. The lowest BCUT2D eigenvalue weighted by molar-refractivity contribution is 0.333. The van der Waals surface area contributed by atoms with Gasteiger partial charge >= 0.3 is 0 Å². The molecule has 0 fully saturated rings. The number of rotatable bonds is 7. The van der Waals surface area contributed by atoms with Crippen LogP contribution in [-0.4, -0.2) is 20.0 Å². The topological polar surface area (TPSA) is 106 Å². The van der Waals surface area contributed by atoms with Crippen LogP contribution in [0.15, 0.2) is 59.6 Å². The second-order valence-corrected chi connectivity index (χ2v) is 8.21. The van der Waals surface area contributed by atoms with Gasteiger partial charge in [-0.15, -0.1) is 0 Å². The fourth-order valence-electron chi connectivity index (χ4n) is 3.16. The Labute approximate surface area is 174 Å². The van der Waals surface area contributed by atoms with E-state index in [2.05, 4.69) is 4.98 Å². The van der Waals surface area contributed by atoms with Crippen molar-refractivity contribution in [1.29, 1.82) is 5.26 Å². The lowest BCUT2D eigenvalue weighted by Crippen LogP contribution is -2.14. The molecule has 0 spiro atoms. The molecule has 2 N–H and O–H groups in total. The Balaban J connectivity index is 2.13. The van der Waals surface area contributed by atoms with Crippen molar-refractivity contribution >= 4 is 10.0 Å². The second-order valence-electron chi connectivity index (χ2n) is 6.65. The normalized spacial score (nSPS) is 11.1. The highest BCUT2D eigenvalue weighted by molar-refractivity contribution is 7.89. The third-order valence-corrected chi connectivity index (χ3v) is 5.37. The molecule has 1 heterocycles. The molecule has 0 aliphatic rings. The maximum Gasteiger partial charge on any atom is 0.238 e. The summed E-state index contributed by atoms with van der Waals surface area (Å²) in [5.41, 5.74) is 2.42. The number of primary sulfonamides is 1. The van der Waals surface area contributed by atoms with Gasteiger partial charge in [0.2, 0.25) is 10.0 Å². The summed E-state index contributed by atoms with van der Waals surface area (Å²) in [7, 11) is -3.98. The molecule has 0 atom stereocenters. The molecule has 0 aliphatic carbocycles. The molecule has 8 heteroatoms. The third kappa shape index (κ3) is 5.00. The number of sulfonamides is 1. The summed E-state index contributed by atoms with van der Waals surface area (Å²) in [5.74, 6) is -0.121. The predicted molar refractivity (Wildman–Crippen MR) is 110 cm³/mol. The lowest BCUT2D eigenvalue weighted by Gasteiger charge is -2.17. The number of aromatic nitrogens is 1. The lowest BCUT2D eigenvalue weighted by atomic mass is 9.98. The highest BCUT2D eigenvalue weighted by atomic mass is 32.2. The first kappa shape index (κ1) is 21.4. The summed E-state index contributed by atoms with van der Waals surface area (Å²) in [5, 5.41) is 14.3. The third-order valence-electron chi connectivity index (χ3n) is 4.48. The van der Waals surface area contributed by atoms with Gasteiger partial charge in [-0.1, -0.05) is 12.1 Å². The predicted octanol–water partition coefficient (Wildman–Crippen LogP) is 3.32. The Morgan fingerprint density at radius 1 is 1.13 bits per heavy atom. The van der Waals surface area contributed by atoms with Crippen LogP contribution in [-0.2, 0) is 22.9 Å². The van der Waals surface area contributed by atoms with E-state index >= 15 is 0 Å². The summed E-state index contributed by atoms with van der Waals surface area (Å²) in [6, 6.07) is 14.4. The monoisotopic (exact) mass is 425 g/mol. The minimum Gasteiger partial charge on any atom is -0.493 e. The van der Waals surface area contributed by atoms with Crippen molar-refractivity contribution in [3.8, 4) is 11.8 Å². The number of hydrogen-bond acceptors (Lipinski definition) is 5. The zero-order valence-electron chi connectivity index (χ0n) is 16.3. The molecule has 0 saturated carbocycles. The minimum atomic E-state index is -3.98. The molecular weight excluding hydrogens is 405 g/mol. The Morgan fingerprint density at radius 2 is 1.87 bits per heavy atom. The van der Waals surface area contributed by atoms with Crippen LogP contribution >= 0.6 is 0 Å². The molecule has 0 saturated heterocycles. The zero-order valence-corrected chi connectivity index (χ0v) is 17.1. The Morgan fingerprint density at radius 3 is 2.43 bits per heavy atom. The van der Waals surface area contributed by atoms with Gasteiger partial charge < -0.3 is 4.74 Å². The molecule has 0 bridgehead atoms. The molecule has 154 valence electrons. The van der Waals surface area contributed by atoms with Crippen molar-refractivity contribution in [2.24, 2.45) is 5.14 Å². The van der Waals surface area contributed by atoms with Crippen LogP contribution in [0, 0.1) is 17.1 Å². The van der Waals surface area contributed by atoms with Crippen LogP contribution in [0.2, 0.25) is 0 Å². The van der Waals surface area contributed by atoms with Gasteiger partial charge in [0.1, 0.15) is 17.6 Å². The fraction of sp³-hybridized carbons (Fsp3) is 0.182. The molecule has 2 aromatic carbocycles. The summed E-state index contributed by atoms with van der Waals surface area (Å²) in [4.78, 5) is 4.24. The average Bonchev–Trinajstić information content (AvgIpc) is 2.70. The second kappa shape index (κ2) is 9.03. The van der Waals surface area contributed by atoms with E-state index < -0.39 is 15.8 Å². The summed E-state index contributed by atoms with van der Waals surface area (Å²) in [6.45, 7) is 2.18. The molecule has 0 amide bonds. The first-order valence-corrected chi connectivity index (χ1v) is 10.8. The van der Waals surface area contributed by atoms with Crippen LogP contribution < -0.4 is 9.88 Å². The van der Waals surface area contributed by atoms with E-state index in [1.54, 1.807) is 24.4 Å². The number of benzene rings is 2. The van der Waals surface area contributed by atoms with Gasteiger partial charge in [0.15, 0.2) is 0 Å². The molecule has 3 rings (SSSR count). The highest BCUT2D eigenvalue weighted by Gasteiger charge is 2.19. The van der Waals surface area contributed by atoms with Crippen LogP contribution in [0.1, 0.15) is 34.9 Å². The van der Waals surface area contributed by atoms with E-state index in [0.29, 0.717) is 35.5 Å². The molecule has 0 radical (unpaired) electrons. The quantitative estimate of drug-likeness (QED) is 0.625. The molecule has 0 unspecified atom stereocenters. The van der Waals surface area contributed by atoms with Gasteiger partial charge in [-0.2, -0.15) is 5.26 Å². The average molecular weight is 425 g/mol. The van der Waals surface area contributed by atoms with Crippen LogP contribution in [0.25, 0.3) is 0 Å². The Bertz CT molecular complexity index is 1210. The highest BCUT2D eigenvalue weighted by Crippen LogP contribution is 2.32. The largest absolute Gasteiger partial charge is 0.493 e. The van der Waals surface area contributed by atoms with E-state index in [0.717, 1.165) is 5.69 Å². The van der Waals surface area contributed by atoms with E-state index in [-0.39, 0.29) is 16.9 Å². The molecule has 6 nitrogen and oxygen atoms in total. The number of ether oxygens (including phenoxy) is 1. The first-order valence-electron chi connectivity index (χ1n) is 9.21. The van der Waals surface area contributed by atoms with Crippen molar-refractivity contribution < 1.29 is 17.5 Å². The fourth-order valence-corrected chi connectivity index (χ4v) is 3.77. The maximum absolute atomic E-state index is 14.1. The van der Waals surface area contributed by atoms with Gasteiger partial charge in [-0.25, -0.2) is 17.9 Å². The van der Waals surface area contributed by atoms with Crippen molar-refractivity contribution in [1.82, 2.24) is 4.98 Å². The van der Waals surface area contributed by atoms with Crippen LogP contribution in [0.4, 0.5) is 4.39 Å². The van der Waals surface area contributed by atoms with Crippen molar-refractivity contribution in [2.45, 2.75) is 24.7 Å². The van der Waals surface area contributed by atoms with E-state index in [4.69, 9.17) is 15.1 Å². The SMILES string of the molecule is CCOc1c(Cc2ccc(C#N)c(F)c2)cc(S(N)(=O)=O)cc1Cc1ccccn1. The first-order chi connectivity index (χ1) is 14.3. The zero-order chi connectivity index (χ0) is 21.7. The van der Waals surface area contributed by atoms with E-state index in [9.17, 15) is 12.8 Å². The van der Waals surface area contributed by atoms with Gasteiger partial charge in [0, 0.05) is 35.9 Å². The summed E-state index contributed by atoms with van der Waals surface area (Å²) < 4.78 is 44.1. The molecule has 0 aliphatic heterocycles. The van der Waals surface area contributed by atoms with Gasteiger partial charge in [-0.05, 0) is 48.9 Å². The Kier molecular flexibility index (Phi) is 6.45. The Hall–Kier alpha value is -3.28. The van der Waals surface area contributed by atoms with E-state index in [1.807, 2.05) is 19.1 Å².